The van der Waals surface area contributed by atoms with Gasteiger partial charge in [-0.25, -0.2) is 0 Å². The first-order chi connectivity index (χ1) is 6.31. The largest absolute Gasteiger partial charge is 0.268 e. The fourth-order valence-corrected chi connectivity index (χ4v) is 2.02. The van der Waals surface area contributed by atoms with E-state index in [4.69, 9.17) is 5.26 Å². The molecule has 1 aliphatic rings. The molecule has 0 bridgehead atoms. The molecule has 2 rings (SSSR count). The maximum atomic E-state index is 8.56. The summed E-state index contributed by atoms with van der Waals surface area (Å²) in [5.41, 5.74) is 0.926. The molecule has 1 fully saturated rings. The average Bonchev–Trinajstić information content (AvgIpc) is 2.30. The summed E-state index contributed by atoms with van der Waals surface area (Å²) in [5.74, 6) is 0. The van der Waals surface area contributed by atoms with E-state index in [1.165, 1.54) is 19.3 Å². The van der Waals surface area contributed by atoms with Gasteiger partial charge < -0.3 is 0 Å². The van der Waals surface area contributed by atoms with Gasteiger partial charge in [-0.1, -0.05) is 0 Å². The predicted octanol–water partition coefficient (Wildman–Crippen LogP) is 2.28. The van der Waals surface area contributed by atoms with E-state index in [2.05, 4.69) is 40.0 Å². The Balaban J connectivity index is 2.19. The molecule has 1 aliphatic carbocycles. The fourth-order valence-electron chi connectivity index (χ4n) is 1.44. The van der Waals surface area contributed by atoms with Crippen molar-refractivity contribution in [1.82, 2.24) is 9.78 Å². The number of hydrogen-bond acceptors (Lipinski definition) is 2. The normalized spacial score (nSPS) is 16.6. The molecule has 0 saturated heterocycles. The second-order valence-corrected chi connectivity index (χ2v) is 4.49. The first-order valence-corrected chi connectivity index (χ1v) is 5.49. The summed E-state index contributed by atoms with van der Waals surface area (Å²) >= 11 is 2.24. The summed E-state index contributed by atoms with van der Waals surface area (Å²) < 4.78 is 3.14. The van der Waals surface area contributed by atoms with Crippen LogP contribution in [0.4, 0.5) is 0 Å². The van der Waals surface area contributed by atoms with Crippen LogP contribution in [0, 0.1) is 14.9 Å². The van der Waals surface area contributed by atoms with Gasteiger partial charge >= 0.3 is 0 Å². The molecule has 13 heavy (non-hydrogen) atoms. The molecule has 0 radical (unpaired) electrons. The van der Waals surface area contributed by atoms with Crippen molar-refractivity contribution in [3.8, 4) is 6.07 Å². The number of hydrogen-bond donors (Lipinski definition) is 0. The maximum Gasteiger partial charge on any atom is 0.0898 e. The SMILES string of the molecule is N#CCc1nn(C2CCC2)cc1I. The van der Waals surface area contributed by atoms with Crippen molar-refractivity contribution >= 4 is 22.6 Å². The second kappa shape index (κ2) is 3.66. The lowest BCUT2D eigenvalue weighted by molar-refractivity contribution is 0.288. The van der Waals surface area contributed by atoms with E-state index >= 15 is 0 Å². The monoisotopic (exact) mass is 287 g/mol. The zero-order valence-corrected chi connectivity index (χ0v) is 9.36. The summed E-state index contributed by atoms with van der Waals surface area (Å²) in [5, 5.41) is 13.0. The lowest BCUT2D eigenvalue weighted by Gasteiger charge is -2.25. The van der Waals surface area contributed by atoms with Crippen LogP contribution in [0.3, 0.4) is 0 Å². The van der Waals surface area contributed by atoms with Gasteiger partial charge in [0.1, 0.15) is 0 Å². The van der Waals surface area contributed by atoms with Gasteiger partial charge in [0.2, 0.25) is 0 Å². The number of nitriles is 1. The predicted molar refractivity (Wildman–Crippen MR) is 57.1 cm³/mol. The smallest absolute Gasteiger partial charge is 0.0898 e. The van der Waals surface area contributed by atoms with Crippen molar-refractivity contribution in [2.24, 2.45) is 0 Å². The zero-order valence-electron chi connectivity index (χ0n) is 7.20. The molecule has 3 nitrogen and oxygen atoms in total. The standard InChI is InChI=1S/C9H10IN3/c10-8-6-13(7-2-1-3-7)12-9(8)4-5-11/h6-7H,1-4H2. The molecule has 1 aromatic heterocycles. The Morgan fingerprint density at radius 2 is 2.46 bits per heavy atom. The van der Waals surface area contributed by atoms with Crippen LogP contribution in [-0.4, -0.2) is 9.78 Å². The van der Waals surface area contributed by atoms with Gasteiger partial charge in [0.25, 0.3) is 0 Å². The van der Waals surface area contributed by atoms with Crippen LogP contribution in [0.5, 0.6) is 0 Å². The quantitative estimate of drug-likeness (QED) is 0.783. The topological polar surface area (TPSA) is 41.6 Å². The minimum atomic E-state index is 0.429. The van der Waals surface area contributed by atoms with Crippen molar-refractivity contribution in [2.45, 2.75) is 31.7 Å². The summed E-state index contributed by atoms with van der Waals surface area (Å²) in [6.07, 6.45) is 6.28. The molecular formula is C9H10IN3. The molecule has 68 valence electrons. The Kier molecular flexibility index (Phi) is 2.54. The van der Waals surface area contributed by atoms with E-state index in [-0.39, 0.29) is 0 Å². The van der Waals surface area contributed by atoms with Crippen molar-refractivity contribution in [1.29, 1.82) is 5.26 Å². The summed E-state index contributed by atoms with van der Waals surface area (Å²) in [7, 11) is 0. The molecule has 1 heterocycles. The Labute approximate surface area is 90.9 Å². The van der Waals surface area contributed by atoms with Crippen LogP contribution in [-0.2, 0) is 6.42 Å². The van der Waals surface area contributed by atoms with Crippen LogP contribution >= 0.6 is 22.6 Å². The molecule has 1 saturated carbocycles. The van der Waals surface area contributed by atoms with E-state index < -0.39 is 0 Å². The third kappa shape index (κ3) is 1.70. The highest BCUT2D eigenvalue weighted by Crippen LogP contribution is 2.31. The van der Waals surface area contributed by atoms with Crippen LogP contribution in [0.1, 0.15) is 31.0 Å². The van der Waals surface area contributed by atoms with Gasteiger partial charge in [-0.05, 0) is 41.9 Å². The van der Waals surface area contributed by atoms with Gasteiger partial charge in [0.15, 0.2) is 0 Å². The maximum absolute atomic E-state index is 8.56. The Hall–Kier alpha value is -0.570. The van der Waals surface area contributed by atoms with E-state index in [0.29, 0.717) is 12.5 Å². The zero-order chi connectivity index (χ0) is 9.26. The first kappa shape index (κ1) is 9.00. The molecule has 0 spiro atoms. The molecule has 0 amide bonds. The molecule has 0 unspecified atom stereocenters. The number of nitrogens with zero attached hydrogens (tertiary/aromatic N) is 3. The molecule has 1 aromatic rings. The Bertz CT molecular complexity index is 346. The van der Waals surface area contributed by atoms with Crippen molar-refractivity contribution in [3.05, 3.63) is 15.5 Å². The average molecular weight is 287 g/mol. The van der Waals surface area contributed by atoms with Gasteiger partial charge in [-0.2, -0.15) is 10.4 Å². The Morgan fingerprint density at radius 1 is 1.69 bits per heavy atom. The van der Waals surface area contributed by atoms with Gasteiger partial charge in [0, 0.05) is 6.20 Å². The summed E-state index contributed by atoms with van der Waals surface area (Å²) in [6, 6.07) is 2.73. The van der Waals surface area contributed by atoms with E-state index in [0.717, 1.165) is 9.26 Å². The van der Waals surface area contributed by atoms with E-state index in [1.54, 1.807) is 0 Å². The van der Waals surface area contributed by atoms with Crippen LogP contribution < -0.4 is 0 Å². The van der Waals surface area contributed by atoms with Crippen molar-refractivity contribution in [2.75, 3.05) is 0 Å². The van der Waals surface area contributed by atoms with Crippen LogP contribution in [0.2, 0.25) is 0 Å². The highest BCUT2D eigenvalue weighted by Gasteiger charge is 2.21. The molecular weight excluding hydrogens is 277 g/mol. The second-order valence-electron chi connectivity index (χ2n) is 3.32. The molecule has 0 N–H and O–H groups in total. The van der Waals surface area contributed by atoms with Crippen LogP contribution in [0.15, 0.2) is 6.20 Å². The number of halogens is 1. The van der Waals surface area contributed by atoms with Gasteiger partial charge in [-0.15, -0.1) is 0 Å². The lowest BCUT2D eigenvalue weighted by atomic mass is 9.93. The summed E-state index contributed by atoms with van der Waals surface area (Å²) in [6.45, 7) is 0. The molecule has 4 heteroatoms. The number of aromatic nitrogens is 2. The van der Waals surface area contributed by atoms with Crippen molar-refractivity contribution in [3.63, 3.8) is 0 Å². The van der Waals surface area contributed by atoms with E-state index in [9.17, 15) is 0 Å². The Morgan fingerprint density at radius 3 is 3.00 bits per heavy atom. The van der Waals surface area contributed by atoms with E-state index in [1.807, 2.05) is 4.68 Å². The highest BCUT2D eigenvalue weighted by molar-refractivity contribution is 14.1. The highest BCUT2D eigenvalue weighted by atomic mass is 127. The minimum absolute atomic E-state index is 0.429. The minimum Gasteiger partial charge on any atom is -0.268 e. The fraction of sp³-hybridized carbons (Fsp3) is 0.556. The van der Waals surface area contributed by atoms with Crippen LogP contribution in [0.25, 0.3) is 0 Å². The van der Waals surface area contributed by atoms with Gasteiger partial charge in [0.05, 0.1) is 27.8 Å². The van der Waals surface area contributed by atoms with Crippen molar-refractivity contribution < 1.29 is 0 Å². The third-order valence-electron chi connectivity index (χ3n) is 2.45. The van der Waals surface area contributed by atoms with Gasteiger partial charge in [-0.3, -0.25) is 4.68 Å². The summed E-state index contributed by atoms with van der Waals surface area (Å²) in [4.78, 5) is 0. The molecule has 0 aromatic carbocycles. The third-order valence-corrected chi connectivity index (χ3v) is 3.35. The lowest BCUT2D eigenvalue weighted by Crippen LogP contribution is -2.17. The number of rotatable bonds is 2. The molecule has 0 aliphatic heterocycles. The molecule has 0 atom stereocenters. The first-order valence-electron chi connectivity index (χ1n) is 4.41.